The fourth-order valence-corrected chi connectivity index (χ4v) is 9.48. The van der Waals surface area contributed by atoms with Gasteiger partial charge in [-0.15, -0.1) is 0 Å². The van der Waals surface area contributed by atoms with E-state index in [1.54, 1.807) is 41.3 Å². The van der Waals surface area contributed by atoms with Gasteiger partial charge in [-0.05, 0) is 110 Å². The Morgan fingerprint density at radius 1 is 0.773 bits per heavy atom. The summed E-state index contributed by atoms with van der Waals surface area (Å²) in [6, 6.07) is 25.5. The summed E-state index contributed by atoms with van der Waals surface area (Å²) in [5.41, 5.74) is 4.77. The SMILES string of the molecule is C=C/C(=C1/C(=O)N(Cc2ccc(OC3CC(OC4CCN(CCCCCOc5ccc6c(c5)C(=O)N(C5CCC(=O)NC5=O)C6=O)CC4)C3)cc2)c2ccccc21)c1ccc([N+](=O)[O-])cc1. The van der Waals surface area contributed by atoms with Crippen LogP contribution in [0.4, 0.5) is 11.4 Å². The number of nitrogens with zero attached hydrogens (tertiary/aromatic N) is 4. The highest BCUT2D eigenvalue weighted by Crippen LogP contribution is 2.42. The van der Waals surface area contributed by atoms with Gasteiger partial charge in [0.25, 0.3) is 23.4 Å². The molecule has 1 N–H and O–H groups in total. The molecule has 5 amide bonds. The maximum atomic E-state index is 14.0. The van der Waals surface area contributed by atoms with Crippen molar-refractivity contribution in [1.82, 2.24) is 15.1 Å². The second-order valence-corrected chi connectivity index (χ2v) is 17.4. The molecular weight excluding hydrogens is 843 g/mol. The number of hydrogen-bond donors (Lipinski definition) is 1. The Balaban J connectivity index is 0.662. The van der Waals surface area contributed by atoms with Crippen molar-refractivity contribution in [2.24, 2.45) is 0 Å². The monoisotopic (exact) mass is 893 g/mol. The summed E-state index contributed by atoms with van der Waals surface area (Å²) in [5, 5.41) is 13.4. The van der Waals surface area contributed by atoms with E-state index in [1.807, 2.05) is 48.5 Å². The van der Waals surface area contributed by atoms with Crippen LogP contribution in [0.15, 0.2) is 104 Å². The number of piperidine rings is 2. The Morgan fingerprint density at radius 2 is 1.50 bits per heavy atom. The predicted octanol–water partition coefficient (Wildman–Crippen LogP) is 7.28. The van der Waals surface area contributed by atoms with Crippen LogP contribution < -0.4 is 19.7 Å². The summed E-state index contributed by atoms with van der Waals surface area (Å²) >= 11 is 0. The van der Waals surface area contributed by atoms with E-state index in [0.717, 1.165) is 92.0 Å². The molecule has 15 heteroatoms. The summed E-state index contributed by atoms with van der Waals surface area (Å²) in [5.74, 6) is -1.000. The molecule has 1 aliphatic carbocycles. The number of amides is 5. The molecule has 0 radical (unpaired) electrons. The Kier molecular flexibility index (Phi) is 12.9. The second kappa shape index (κ2) is 19.2. The van der Waals surface area contributed by atoms with Crippen LogP contribution in [0.5, 0.6) is 11.5 Å². The number of fused-ring (bicyclic) bond motifs is 2. The topological polar surface area (TPSA) is 178 Å². The molecule has 2 saturated heterocycles. The zero-order valence-electron chi connectivity index (χ0n) is 36.5. The highest BCUT2D eigenvalue weighted by Gasteiger charge is 2.45. The molecule has 66 heavy (non-hydrogen) atoms. The third kappa shape index (κ3) is 9.26. The summed E-state index contributed by atoms with van der Waals surface area (Å²) in [7, 11) is 0. The molecule has 4 aliphatic heterocycles. The smallest absolute Gasteiger partial charge is 0.269 e. The van der Waals surface area contributed by atoms with Crippen LogP contribution in [0, 0.1) is 10.1 Å². The van der Waals surface area contributed by atoms with E-state index < -0.39 is 34.6 Å². The van der Waals surface area contributed by atoms with Gasteiger partial charge in [0.05, 0.1) is 52.7 Å². The highest BCUT2D eigenvalue weighted by molar-refractivity contribution is 6.38. The summed E-state index contributed by atoms with van der Waals surface area (Å²) < 4.78 is 18.7. The number of carbonyl (C=O) groups is 5. The quantitative estimate of drug-likeness (QED) is 0.0371. The molecule has 4 aromatic rings. The first-order chi connectivity index (χ1) is 32.0. The van der Waals surface area contributed by atoms with E-state index in [1.165, 1.54) is 12.1 Å². The first-order valence-electron chi connectivity index (χ1n) is 22.7. The fraction of sp³-hybridized carbons (Fsp3) is 0.353. The lowest BCUT2D eigenvalue weighted by atomic mass is 9.91. The van der Waals surface area contributed by atoms with E-state index in [-0.39, 0.29) is 53.9 Å². The van der Waals surface area contributed by atoms with E-state index in [0.29, 0.717) is 35.6 Å². The van der Waals surface area contributed by atoms with Crippen molar-refractivity contribution < 1.29 is 43.1 Å². The number of likely N-dealkylation sites (tertiary alicyclic amines) is 1. The number of allylic oxidation sites excluding steroid dienone is 2. The molecular formula is C51H51N5O10. The number of nitrogens with one attached hydrogen (secondary N) is 1. The number of nitro benzene ring substituents is 1. The van der Waals surface area contributed by atoms with Crippen LogP contribution in [0.1, 0.15) is 95.2 Å². The van der Waals surface area contributed by atoms with Crippen LogP contribution in [0.3, 0.4) is 0 Å². The molecule has 4 aromatic carbocycles. The summed E-state index contributed by atoms with van der Waals surface area (Å²) in [6.45, 7) is 7.82. The standard InChI is InChI=1S/C51H51N5O10/c1-2-40(33-12-14-34(15-13-33)56(62)63)47-42-8-4-5-9-44(42)54(51(47)61)31-32-10-16-35(17-11-32)65-38-28-39(29-38)66-36-22-25-53(26-23-36)24-6-3-7-27-64-37-18-19-41-43(30-37)50(60)55(49(41)59)45-20-21-46(57)52-48(45)58/h2,4-5,8-19,30,36,38-39,45H,1,3,6-7,20-29,31H2,(H,52,57,58)/b47-40-. The van der Waals surface area contributed by atoms with Gasteiger partial charge < -0.3 is 24.0 Å². The molecule has 0 bridgehead atoms. The highest BCUT2D eigenvalue weighted by atomic mass is 16.6. The number of ether oxygens (including phenoxy) is 3. The van der Waals surface area contributed by atoms with Gasteiger partial charge in [0.2, 0.25) is 11.8 Å². The maximum Gasteiger partial charge on any atom is 0.269 e. The van der Waals surface area contributed by atoms with Crippen LogP contribution >= 0.6 is 0 Å². The number of anilines is 1. The van der Waals surface area contributed by atoms with Gasteiger partial charge in [0, 0.05) is 50.0 Å². The van der Waals surface area contributed by atoms with Gasteiger partial charge in [0.1, 0.15) is 23.6 Å². The molecule has 1 unspecified atom stereocenters. The van der Waals surface area contributed by atoms with Gasteiger partial charge in [-0.1, -0.05) is 43.0 Å². The van der Waals surface area contributed by atoms with E-state index in [4.69, 9.17) is 14.2 Å². The van der Waals surface area contributed by atoms with Gasteiger partial charge in [0.15, 0.2) is 0 Å². The van der Waals surface area contributed by atoms with Gasteiger partial charge in [-0.2, -0.15) is 0 Å². The van der Waals surface area contributed by atoms with E-state index >= 15 is 0 Å². The average molecular weight is 894 g/mol. The van der Waals surface area contributed by atoms with Crippen molar-refractivity contribution in [2.45, 2.75) is 88.7 Å². The molecule has 340 valence electrons. The number of rotatable bonds is 17. The molecule has 15 nitrogen and oxygen atoms in total. The van der Waals surface area contributed by atoms with Crippen LogP contribution in [0.25, 0.3) is 11.1 Å². The predicted molar refractivity (Wildman–Crippen MR) is 245 cm³/mol. The lowest BCUT2D eigenvalue weighted by Crippen LogP contribution is -2.54. The number of carbonyl (C=O) groups excluding carboxylic acids is 5. The number of hydrogen-bond acceptors (Lipinski definition) is 11. The molecule has 1 atom stereocenters. The van der Waals surface area contributed by atoms with E-state index in [2.05, 4.69) is 16.8 Å². The average Bonchev–Trinajstić information content (AvgIpc) is 3.72. The first kappa shape index (κ1) is 44.2. The molecule has 5 aliphatic rings. The van der Waals surface area contributed by atoms with Crippen LogP contribution in [-0.4, -0.2) is 94.9 Å². The molecule has 9 rings (SSSR count). The Labute approximate surface area is 382 Å². The minimum absolute atomic E-state index is 0.0215. The van der Waals surface area contributed by atoms with Crippen molar-refractivity contribution >= 4 is 52.1 Å². The molecule has 0 aromatic heterocycles. The molecule has 0 spiro atoms. The lowest BCUT2D eigenvalue weighted by Gasteiger charge is -2.40. The van der Waals surface area contributed by atoms with E-state index in [9.17, 15) is 34.1 Å². The van der Waals surface area contributed by atoms with Crippen LogP contribution in [0.2, 0.25) is 0 Å². The minimum Gasteiger partial charge on any atom is -0.494 e. The number of benzene rings is 4. The normalized spacial score (nSPS) is 21.6. The van der Waals surface area contributed by atoms with Gasteiger partial charge in [-0.3, -0.25) is 44.3 Å². The van der Waals surface area contributed by atoms with Gasteiger partial charge >= 0.3 is 0 Å². The summed E-state index contributed by atoms with van der Waals surface area (Å²) in [6.07, 6.45) is 8.92. The number of nitro groups is 1. The molecule has 4 heterocycles. The first-order valence-corrected chi connectivity index (χ1v) is 22.7. The Hall–Kier alpha value is -6.97. The Bertz CT molecular complexity index is 2600. The molecule has 3 fully saturated rings. The maximum absolute atomic E-state index is 14.0. The third-order valence-corrected chi connectivity index (χ3v) is 13.1. The zero-order chi connectivity index (χ0) is 45.9. The van der Waals surface area contributed by atoms with Crippen molar-refractivity contribution in [3.63, 3.8) is 0 Å². The van der Waals surface area contributed by atoms with Crippen molar-refractivity contribution in [1.29, 1.82) is 0 Å². The zero-order valence-corrected chi connectivity index (χ0v) is 36.5. The molecule has 1 saturated carbocycles. The number of unbranched alkanes of at least 4 members (excludes halogenated alkanes) is 2. The largest absolute Gasteiger partial charge is 0.494 e. The number of para-hydroxylation sites is 1. The van der Waals surface area contributed by atoms with Crippen molar-refractivity contribution in [3.05, 3.63) is 142 Å². The van der Waals surface area contributed by atoms with Gasteiger partial charge in [-0.25, -0.2) is 0 Å². The van der Waals surface area contributed by atoms with Crippen molar-refractivity contribution in [2.75, 3.05) is 31.1 Å². The number of non-ortho nitro benzene ring substituents is 1. The minimum atomic E-state index is -0.996. The second-order valence-electron chi connectivity index (χ2n) is 17.4. The Morgan fingerprint density at radius 3 is 2.23 bits per heavy atom. The van der Waals surface area contributed by atoms with Crippen LogP contribution in [-0.2, 0) is 25.7 Å². The third-order valence-electron chi connectivity index (χ3n) is 13.1. The number of imide groups is 2. The fourth-order valence-electron chi connectivity index (χ4n) is 9.48. The summed E-state index contributed by atoms with van der Waals surface area (Å²) in [4.78, 5) is 79.9. The lowest BCUT2D eigenvalue weighted by molar-refractivity contribution is -0.384. The van der Waals surface area contributed by atoms with Crippen molar-refractivity contribution in [3.8, 4) is 11.5 Å².